The SMILES string of the molecule is Cc1ccc(CN2CC(C(=O)Nc3c(-c4ccccc4)nc4c(C)cccn34)CC2=O)cc1. The standard InChI is InChI=1S/C27H26N4O2/c1-18-10-12-20(13-11-18)16-30-17-22(15-23(30)32)27(33)29-26-24(21-8-4-3-5-9-21)28-25-19(2)7-6-14-31(25)26/h3-14,22H,15-17H2,1-2H3,(H,29,33). The van der Waals surface area contributed by atoms with Gasteiger partial charge in [0.25, 0.3) is 0 Å². The van der Waals surface area contributed by atoms with Gasteiger partial charge in [-0.1, -0.05) is 66.2 Å². The van der Waals surface area contributed by atoms with Crippen molar-refractivity contribution in [1.82, 2.24) is 14.3 Å². The molecule has 4 aromatic rings. The summed E-state index contributed by atoms with van der Waals surface area (Å²) in [5.74, 6) is 0.0829. The maximum absolute atomic E-state index is 13.3. The van der Waals surface area contributed by atoms with Crippen LogP contribution in [0.4, 0.5) is 5.82 Å². The lowest BCUT2D eigenvalue weighted by atomic mass is 10.1. The predicted molar refractivity (Wildman–Crippen MR) is 129 cm³/mol. The fourth-order valence-electron chi connectivity index (χ4n) is 4.35. The number of imidazole rings is 1. The molecule has 5 rings (SSSR count). The van der Waals surface area contributed by atoms with E-state index in [1.54, 1.807) is 4.90 Å². The van der Waals surface area contributed by atoms with E-state index in [2.05, 4.69) is 5.32 Å². The highest BCUT2D eigenvalue weighted by Crippen LogP contribution is 2.31. The molecule has 2 aromatic heterocycles. The molecule has 0 radical (unpaired) electrons. The zero-order chi connectivity index (χ0) is 22.9. The number of benzene rings is 2. The molecule has 1 N–H and O–H groups in total. The van der Waals surface area contributed by atoms with Crippen molar-refractivity contribution in [1.29, 1.82) is 0 Å². The Morgan fingerprint density at radius 3 is 2.55 bits per heavy atom. The van der Waals surface area contributed by atoms with Gasteiger partial charge in [0.05, 0.1) is 5.92 Å². The highest BCUT2D eigenvalue weighted by molar-refractivity contribution is 5.99. The summed E-state index contributed by atoms with van der Waals surface area (Å²) in [6.07, 6.45) is 2.12. The number of carbonyl (C=O) groups excluding carboxylic acids is 2. The lowest BCUT2D eigenvalue weighted by molar-refractivity contribution is -0.128. The maximum Gasteiger partial charge on any atom is 0.230 e. The molecule has 3 heterocycles. The summed E-state index contributed by atoms with van der Waals surface area (Å²) in [4.78, 5) is 32.5. The smallest absolute Gasteiger partial charge is 0.230 e. The first-order valence-corrected chi connectivity index (χ1v) is 11.2. The van der Waals surface area contributed by atoms with Crippen LogP contribution < -0.4 is 5.32 Å². The monoisotopic (exact) mass is 438 g/mol. The van der Waals surface area contributed by atoms with Crippen LogP contribution in [0.2, 0.25) is 0 Å². The minimum absolute atomic E-state index is 0.00740. The third kappa shape index (κ3) is 4.12. The van der Waals surface area contributed by atoms with E-state index < -0.39 is 5.92 Å². The van der Waals surface area contributed by atoms with Crippen LogP contribution in [0.5, 0.6) is 0 Å². The molecule has 0 spiro atoms. The summed E-state index contributed by atoms with van der Waals surface area (Å²) in [5, 5.41) is 3.10. The van der Waals surface area contributed by atoms with Crippen molar-refractivity contribution in [2.45, 2.75) is 26.8 Å². The number of nitrogens with one attached hydrogen (secondary N) is 1. The Balaban J connectivity index is 1.40. The molecule has 1 fully saturated rings. The number of carbonyl (C=O) groups is 2. The summed E-state index contributed by atoms with van der Waals surface area (Å²) < 4.78 is 1.91. The number of anilines is 1. The van der Waals surface area contributed by atoms with E-state index in [0.29, 0.717) is 18.9 Å². The predicted octanol–water partition coefficient (Wildman–Crippen LogP) is 4.61. The zero-order valence-corrected chi connectivity index (χ0v) is 18.8. The number of rotatable bonds is 5. The van der Waals surface area contributed by atoms with Crippen LogP contribution in [0.3, 0.4) is 0 Å². The summed E-state index contributed by atoms with van der Waals surface area (Å²) in [6.45, 7) is 4.97. The number of fused-ring (bicyclic) bond motifs is 1. The largest absolute Gasteiger partial charge is 0.338 e. The van der Waals surface area contributed by atoms with Crippen LogP contribution in [0.15, 0.2) is 72.9 Å². The fourth-order valence-corrected chi connectivity index (χ4v) is 4.35. The van der Waals surface area contributed by atoms with Gasteiger partial charge in [-0.05, 0) is 31.0 Å². The van der Waals surface area contributed by atoms with E-state index in [4.69, 9.17) is 4.98 Å². The van der Waals surface area contributed by atoms with E-state index in [-0.39, 0.29) is 18.2 Å². The van der Waals surface area contributed by atoms with Gasteiger partial charge in [-0.2, -0.15) is 0 Å². The third-order valence-corrected chi connectivity index (χ3v) is 6.21. The van der Waals surface area contributed by atoms with Gasteiger partial charge >= 0.3 is 0 Å². The molecule has 1 atom stereocenters. The second-order valence-electron chi connectivity index (χ2n) is 8.71. The highest BCUT2D eigenvalue weighted by atomic mass is 16.2. The molecule has 6 heteroatoms. The average molecular weight is 439 g/mol. The molecule has 166 valence electrons. The van der Waals surface area contributed by atoms with Gasteiger partial charge in [0, 0.05) is 31.3 Å². The molecular formula is C27H26N4O2. The van der Waals surface area contributed by atoms with Gasteiger partial charge in [-0.25, -0.2) is 4.98 Å². The Morgan fingerprint density at radius 1 is 1.03 bits per heavy atom. The summed E-state index contributed by atoms with van der Waals surface area (Å²) in [7, 11) is 0. The molecular weight excluding hydrogens is 412 g/mol. The fraction of sp³-hybridized carbons (Fsp3) is 0.222. The maximum atomic E-state index is 13.3. The number of hydrogen-bond donors (Lipinski definition) is 1. The van der Waals surface area contributed by atoms with Crippen LogP contribution in [0.25, 0.3) is 16.9 Å². The topological polar surface area (TPSA) is 66.7 Å². The van der Waals surface area contributed by atoms with Crippen LogP contribution in [-0.2, 0) is 16.1 Å². The van der Waals surface area contributed by atoms with Crippen molar-refractivity contribution < 1.29 is 9.59 Å². The highest BCUT2D eigenvalue weighted by Gasteiger charge is 2.35. The molecule has 0 aliphatic carbocycles. The number of amides is 2. The number of aryl methyl sites for hydroxylation is 2. The summed E-state index contributed by atoms with van der Waals surface area (Å²) in [6, 6.07) is 21.9. The number of pyridine rings is 1. The quantitative estimate of drug-likeness (QED) is 0.495. The van der Waals surface area contributed by atoms with Crippen molar-refractivity contribution in [3.05, 3.63) is 89.6 Å². The van der Waals surface area contributed by atoms with Gasteiger partial charge < -0.3 is 10.2 Å². The first-order valence-electron chi connectivity index (χ1n) is 11.2. The second kappa shape index (κ2) is 8.54. The third-order valence-electron chi connectivity index (χ3n) is 6.21. The normalized spacial score (nSPS) is 15.9. The summed E-state index contributed by atoms with van der Waals surface area (Å²) in [5.41, 5.74) is 5.73. The van der Waals surface area contributed by atoms with Crippen LogP contribution in [-0.4, -0.2) is 32.6 Å². The Labute approximate surface area is 192 Å². The lowest BCUT2D eigenvalue weighted by Gasteiger charge is -2.17. The van der Waals surface area contributed by atoms with Crippen molar-refractivity contribution in [3.63, 3.8) is 0 Å². The van der Waals surface area contributed by atoms with Crippen molar-refractivity contribution in [3.8, 4) is 11.3 Å². The van der Waals surface area contributed by atoms with E-state index in [0.717, 1.165) is 28.0 Å². The Hall–Kier alpha value is -3.93. The van der Waals surface area contributed by atoms with Gasteiger partial charge in [0.15, 0.2) is 0 Å². The van der Waals surface area contributed by atoms with E-state index in [1.807, 2.05) is 91.2 Å². The Kier molecular flexibility index (Phi) is 5.42. The molecule has 1 saturated heterocycles. The Morgan fingerprint density at radius 2 is 1.79 bits per heavy atom. The Bertz CT molecular complexity index is 1330. The first kappa shape index (κ1) is 20.9. The van der Waals surface area contributed by atoms with Crippen LogP contribution in [0.1, 0.15) is 23.1 Å². The van der Waals surface area contributed by atoms with E-state index in [9.17, 15) is 9.59 Å². The number of hydrogen-bond acceptors (Lipinski definition) is 3. The molecule has 2 amide bonds. The minimum atomic E-state index is -0.401. The van der Waals surface area contributed by atoms with Gasteiger partial charge in [0.2, 0.25) is 11.8 Å². The molecule has 1 unspecified atom stereocenters. The first-order chi connectivity index (χ1) is 16.0. The van der Waals surface area contributed by atoms with E-state index in [1.165, 1.54) is 5.56 Å². The van der Waals surface area contributed by atoms with Crippen LogP contribution >= 0.6 is 0 Å². The molecule has 6 nitrogen and oxygen atoms in total. The van der Waals surface area contributed by atoms with Crippen molar-refractivity contribution in [2.75, 3.05) is 11.9 Å². The molecule has 0 saturated carbocycles. The van der Waals surface area contributed by atoms with Gasteiger partial charge in [-0.15, -0.1) is 0 Å². The van der Waals surface area contributed by atoms with Crippen molar-refractivity contribution >= 4 is 23.3 Å². The minimum Gasteiger partial charge on any atom is -0.338 e. The number of aromatic nitrogens is 2. The lowest BCUT2D eigenvalue weighted by Crippen LogP contribution is -2.28. The number of likely N-dealkylation sites (tertiary alicyclic amines) is 1. The average Bonchev–Trinajstić information content (AvgIpc) is 3.37. The van der Waals surface area contributed by atoms with Gasteiger partial charge in [-0.3, -0.25) is 14.0 Å². The molecule has 2 aromatic carbocycles. The molecule has 33 heavy (non-hydrogen) atoms. The van der Waals surface area contributed by atoms with Crippen LogP contribution in [0, 0.1) is 19.8 Å². The molecule has 1 aliphatic heterocycles. The zero-order valence-electron chi connectivity index (χ0n) is 18.8. The van der Waals surface area contributed by atoms with Crippen molar-refractivity contribution in [2.24, 2.45) is 5.92 Å². The molecule has 1 aliphatic rings. The summed E-state index contributed by atoms with van der Waals surface area (Å²) >= 11 is 0. The van der Waals surface area contributed by atoms with E-state index >= 15 is 0 Å². The van der Waals surface area contributed by atoms with Gasteiger partial charge in [0.1, 0.15) is 17.2 Å². The second-order valence-corrected chi connectivity index (χ2v) is 8.71. The molecule has 0 bridgehead atoms. The number of nitrogens with zero attached hydrogens (tertiary/aromatic N) is 3.